The first-order valence-electron chi connectivity index (χ1n) is 8.39. The highest BCUT2D eigenvalue weighted by atomic mass is 16.6. The smallest absolute Gasteiger partial charge is 0.254 e. The number of aromatic nitrogens is 2. The summed E-state index contributed by atoms with van der Waals surface area (Å²) in [6.45, 7) is 5.98. The van der Waals surface area contributed by atoms with Crippen LogP contribution in [0.15, 0.2) is 30.6 Å². The number of amides is 1. The number of carbonyl (C=O) groups is 1. The molecule has 0 aliphatic carbocycles. The maximum Gasteiger partial charge on any atom is 0.254 e. The van der Waals surface area contributed by atoms with Crippen LogP contribution in [-0.4, -0.2) is 35.6 Å². The fraction of sp³-hybridized carbons (Fsp3) is 0.389. The van der Waals surface area contributed by atoms with E-state index in [1.807, 2.05) is 18.2 Å². The van der Waals surface area contributed by atoms with Gasteiger partial charge in [0.05, 0.1) is 5.56 Å². The highest BCUT2D eigenvalue weighted by molar-refractivity contribution is 5.93. The second kappa shape index (κ2) is 7.83. The fourth-order valence-corrected chi connectivity index (χ4v) is 2.34. The molecule has 1 aromatic heterocycles. The molecule has 132 valence electrons. The van der Waals surface area contributed by atoms with Gasteiger partial charge in [0.15, 0.2) is 11.5 Å². The summed E-state index contributed by atoms with van der Waals surface area (Å²) in [6, 6.07) is 5.54. The number of anilines is 2. The molecule has 1 amide bonds. The van der Waals surface area contributed by atoms with Crippen molar-refractivity contribution < 1.29 is 14.3 Å². The van der Waals surface area contributed by atoms with E-state index in [0.717, 1.165) is 17.9 Å². The van der Waals surface area contributed by atoms with Crippen molar-refractivity contribution in [3.8, 4) is 11.5 Å². The number of fused-ring (bicyclic) bond motifs is 1. The van der Waals surface area contributed by atoms with Gasteiger partial charge in [-0.2, -0.15) is 0 Å². The zero-order chi connectivity index (χ0) is 17.6. The Morgan fingerprint density at radius 3 is 2.60 bits per heavy atom. The lowest BCUT2D eigenvalue weighted by Gasteiger charge is -2.19. The average molecular weight is 342 g/mol. The molecule has 1 aliphatic rings. The Bertz CT molecular complexity index is 732. The van der Waals surface area contributed by atoms with Crippen molar-refractivity contribution in [3.05, 3.63) is 36.2 Å². The molecule has 7 heteroatoms. The molecule has 0 bridgehead atoms. The second-order valence-corrected chi connectivity index (χ2v) is 6.22. The fourth-order valence-electron chi connectivity index (χ4n) is 2.34. The van der Waals surface area contributed by atoms with Crippen LogP contribution in [0.25, 0.3) is 0 Å². The average Bonchev–Trinajstić information content (AvgIpc) is 2.62. The van der Waals surface area contributed by atoms with E-state index in [2.05, 4.69) is 34.4 Å². The number of nitrogens with zero attached hydrogens (tertiary/aromatic N) is 2. The SMILES string of the molecule is CC(C)CCNC(=O)c1cnc(Nc2ccc3c(c2)OCCO3)nc1. The van der Waals surface area contributed by atoms with E-state index in [-0.39, 0.29) is 5.91 Å². The summed E-state index contributed by atoms with van der Waals surface area (Å²) in [5, 5.41) is 5.95. The third-order valence-corrected chi connectivity index (χ3v) is 3.72. The summed E-state index contributed by atoms with van der Waals surface area (Å²) in [4.78, 5) is 20.4. The number of carbonyl (C=O) groups excluding carboxylic acids is 1. The molecule has 2 N–H and O–H groups in total. The molecular weight excluding hydrogens is 320 g/mol. The van der Waals surface area contributed by atoms with Gasteiger partial charge in [-0.15, -0.1) is 0 Å². The first-order chi connectivity index (χ1) is 12.1. The molecule has 0 fully saturated rings. The second-order valence-electron chi connectivity index (χ2n) is 6.22. The van der Waals surface area contributed by atoms with Gasteiger partial charge >= 0.3 is 0 Å². The molecule has 0 unspecified atom stereocenters. The Labute approximate surface area is 146 Å². The summed E-state index contributed by atoms with van der Waals surface area (Å²) in [6.07, 6.45) is 3.96. The summed E-state index contributed by atoms with van der Waals surface area (Å²) in [7, 11) is 0. The van der Waals surface area contributed by atoms with E-state index in [9.17, 15) is 4.79 Å². The largest absolute Gasteiger partial charge is 0.486 e. The first kappa shape index (κ1) is 17.0. The Morgan fingerprint density at radius 1 is 1.16 bits per heavy atom. The molecule has 2 heterocycles. The molecule has 2 aromatic rings. The van der Waals surface area contributed by atoms with Crippen molar-refractivity contribution in [1.82, 2.24) is 15.3 Å². The molecule has 7 nitrogen and oxygen atoms in total. The Hall–Kier alpha value is -2.83. The van der Waals surface area contributed by atoms with E-state index in [1.54, 1.807) is 0 Å². The minimum absolute atomic E-state index is 0.161. The number of rotatable bonds is 6. The van der Waals surface area contributed by atoms with Crippen molar-refractivity contribution in [1.29, 1.82) is 0 Å². The minimum atomic E-state index is -0.161. The maximum absolute atomic E-state index is 12.0. The molecule has 0 radical (unpaired) electrons. The van der Waals surface area contributed by atoms with E-state index >= 15 is 0 Å². The summed E-state index contributed by atoms with van der Waals surface area (Å²) < 4.78 is 11.0. The van der Waals surface area contributed by atoms with Crippen LogP contribution < -0.4 is 20.1 Å². The molecule has 1 aromatic carbocycles. The van der Waals surface area contributed by atoms with E-state index < -0.39 is 0 Å². The molecule has 0 saturated carbocycles. The van der Waals surface area contributed by atoms with Gasteiger partial charge in [0.2, 0.25) is 5.95 Å². The van der Waals surface area contributed by atoms with Crippen molar-refractivity contribution in [2.75, 3.05) is 25.1 Å². The molecule has 3 rings (SSSR count). The van der Waals surface area contributed by atoms with Crippen LogP contribution >= 0.6 is 0 Å². The van der Waals surface area contributed by atoms with E-state index in [1.165, 1.54) is 12.4 Å². The number of ether oxygens (including phenoxy) is 2. The standard InChI is InChI=1S/C18H22N4O3/c1-12(2)5-6-19-17(23)13-10-20-18(21-11-13)22-14-3-4-15-16(9-14)25-8-7-24-15/h3-4,9-12H,5-8H2,1-2H3,(H,19,23)(H,20,21,22). The lowest BCUT2D eigenvalue weighted by Crippen LogP contribution is -2.25. The van der Waals surface area contributed by atoms with Crippen molar-refractivity contribution in [2.45, 2.75) is 20.3 Å². The van der Waals surface area contributed by atoms with Crippen LogP contribution in [0.3, 0.4) is 0 Å². The maximum atomic E-state index is 12.0. The minimum Gasteiger partial charge on any atom is -0.486 e. The first-order valence-corrected chi connectivity index (χ1v) is 8.39. The topological polar surface area (TPSA) is 85.4 Å². The number of nitrogens with one attached hydrogen (secondary N) is 2. The molecule has 1 aliphatic heterocycles. The van der Waals surface area contributed by atoms with Gasteiger partial charge in [-0.3, -0.25) is 4.79 Å². The monoisotopic (exact) mass is 342 g/mol. The molecule has 25 heavy (non-hydrogen) atoms. The number of hydrogen-bond donors (Lipinski definition) is 2. The van der Waals surface area contributed by atoms with Crippen LogP contribution in [-0.2, 0) is 0 Å². The van der Waals surface area contributed by atoms with Crippen LogP contribution in [0.4, 0.5) is 11.6 Å². The Kier molecular flexibility index (Phi) is 5.33. The van der Waals surface area contributed by atoms with Gasteiger partial charge in [0.25, 0.3) is 5.91 Å². The third kappa shape index (κ3) is 4.59. The number of hydrogen-bond acceptors (Lipinski definition) is 6. The molecular formula is C18H22N4O3. The molecule has 0 saturated heterocycles. The lowest BCUT2D eigenvalue weighted by atomic mass is 10.1. The van der Waals surface area contributed by atoms with E-state index in [0.29, 0.717) is 42.9 Å². The van der Waals surface area contributed by atoms with Crippen molar-refractivity contribution in [3.63, 3.8) is 0 Å². The van der Waals surface area contributed by atoms with Crippen molar-refractivity contribution in [2.24, 2.45) is 5.92 Å². The van der Waals surface area contributed by atoms with Gasteiger partial charge in [-0.05, 0) is 24.5 Å². The highest BCUT2D eigenvalue weighted by Gasteiger charge is 2.12. The normalized spacial score (nSPS) is 12.8. The highest BCUT2D eigenvalue weighted by Crippen LogP contribution is 2.33. The van der Waals surface area contributed by atoms with Gasteiger partial charge in [-0.25, -0.2) is 9.97 Å². The van der Waals surface area contributed by atoms with Gasteiger partial charge in [-0.1, -0.05) is 13.8 Å². The molecule has 0 atom stereocenters. The van der Waals surface area contributed by atoms with Gasteiger partial charge in [0, 0.05) is 30.7 Å². The Morgan fingerprint density at radius 2 is 1.88 bits per heavy atom. The predicted octanol–water partition coefficient (Wildman–Crippen LogP) is 2.77. The third-order valence-electron chi connectivity index (χ3n) is 3.72. The van der Waals surface area contributed by atoms with Crippen LogP contribution in [0.2, 0.25) is 0 Å². The van der Waals surface area contributed by atoms with E-state index in [4.69, 9.17) is 9.47 Å². The van der Waals surface area contributed by atoms with Crippen molar-refractivity contribution >= 4 is 17.5 Å². The Balaban J connectivity index is 1.60. The number of benzene rings is 1. The van der Waals surface area contributed by atoms with Crippen LogP contribution in [0.5, 0.6) is 11.5 Å². The predicted molar refractivity (Wildman–Crippen MR) is 94.5 cm³/mol. The summed E-state index contributed by atoms with van der Waals surface area (Å²) in [5.74, 6) is 2.22. The zero-order valence-corrected chi connectivity index (χ0v) is 14.4. The molecule has 0 spiro atoms. The summed E-state index contributed by atoms with van der Waals surface area (Å²) in [5.41, 5.74) is 1.23. The zero-order valence-electron chi connectivity index (χ0n) is 14.4. The van der Waals surface area contributed by atoms with Gasteiger partial charge in [0.1, 0.15) is 13.2 Å². The lowest BCUT2D eigenvalue weighted by molar-refractivity contribution is 0.0951. The quantitative estimate of drug-likeness (QED) is 0.840. The van der Waals surface area contributed by atoms with Crippen LogP contribution in [0, 0.1) is 5.92 Å². The van der Waals surface area contributed by atoms with Crippen LogP contribution in [0.1, 0.15) is 30.6 Å². The van der Waals surface area contributed by atoms with Gasteiger partial charge < -0.3 is 20.1 Å². The summed E-state index contributed by atoms with van der Waals surface area (Å²) >= 11 is 0.